The quantitative estimate of drug-likeness (QED) is 0.807. The van der Waals surface area contributed by atoms with Crippen LogP contribution in [0.25, 0.3) is 0 Å². The first kappa shape index (κ1) is 15.0. The molecule has 2 fully saturated rings. The molecule has 2 aliphatic rings. The van der Waals surface area contributed by atoms with Crippen molar-refractivity contribution in [2.75, 3.05) is 0 Å². The van der Waals surface area contributed by atoms with E-state index in [2.05, 4.69) is 0 Å². The van der Waals surface area contributed by atoms with E-state index in [1.807, 2.05) is 0 Å². The van der Waals surface area contributed by atoms with Crippen molar-refractivity contribution in [3.05, 3.63) is 35.1 Å². The van der Waals surface area contributed by atoms with Crippen molar-refractivity contribution >= 4 is 10.8 Å². The molecule has 2 bridgehead atoms. The molecule has 7 heteroatoms. The van der Waals surface area contributed by atoms with Gasteiger partial charge in [-0.25, -0.2) is 4.39 Å². The van der Waals surface area contributed by atoms with Crippen molar-refractivity contribution < 1.29 is 26.9 Å². The van der Waals surface area contributed by atoms with Gasteiger partial charge in [-0.3, -0.25) is 4.21 Å². The third-order valence-corrected chi connectivity index (χ3v) is 6.53. The maximum absolute atomic E-state index is 13.3. The molecule has 21 heavy (non-hydrogen) atoms. The lowest BCUT2D eigenvalue weighted by molar-refractivity contribution is -0.140. The molecule has 3 rings (SSSR count). The monoisotopic (exact) mass is 322 g/mol. The summed E-state index contributed by atoms with van der Waals surface area (Å²) in [6.45, 7) is 0. The summed E-state index contributed by atoms with van der Waals surface area (Å²) in [5.74, 6) is -1.35. The highest BCUT2D eigenvalue weighted by molar-refractivity contribution is 7.86. The van der Waals surface area contributed by atoms with Gasteiger partial charge in [0.05, 0.1) is 11.2 Å². The number of benzene rings is 1. The summed E-state index contributed by atoms with van der Waals surface area (Å²) in [7, 11) is -1.02. The van der Waals surface area contributed by atoms with Gasteiger partial charge in [-0.2, -0.15) is 13.2 Å². The SMILES string of the molecule is O=S1C2CCC1CC(O)(c1ccc(F)c(C(F)(F)F)c1)C2. The number of hydrogen-bond donors (Lipinski definition) is 1. The first-order valence-corrected chi connectivity index (χ1v) is 7.97. The molecule has 0 aromatic heterocycles. The normalized spacial score (nSPS) is 36.0. The van der Waals surface area contributed by atoms with E-state index in [9.17, 15) is 26.9 Å². The highest BCUT2D eigenvalue weighted by atomic mass is 32.2. The smallest absolute Gasteiger partial charge is 0.385 e. The van der Waals surface area contributed by atoms with Gasteiger partial charge in [-0.15, -0.1) is 0 Å². The van der Waals surface area contributed by atoms with E-state index >= 15 is 0 Å². The molecule has 2 saturated heterocycles. The molecule has 1 N–H and O–H groups in total. The summed E-state index contributed by atoms with van der Waals surface area (Å²) in [6.07, 6.45) is -3.04. The van der Waals surface area contributed by atoms with Crippen LogP contribution in [0.2, 0.25) is 0 Å². The highest BCUT2D eigenvalue weighted by Gasteiger charge is 2.49. The fourth-order valence-corrected chi connectivity index (χ4v) is 5.51. The molecule has 2 nitrogen and oxygen atoms in total. The molecular weight excluding hydrogens is 308 g/mol. The van der Waals surface area contributed by atoms with E-state index in [4.69, 9.17) is 0 Å². The van der Waals surface area contributed by atoms with E-state index in [0.717, 1.165) is 6.07 Å². The summed E-state index contributed by atoms with van der Waals surface area (Å²) in [5.41, 5.74) is -2.76. The first-order chi connectivity index (χ1) is 9.71. The van der Waals surface area contributed by atoms with Crippen LogP contribution in [-0.4, -0.2) is 19.8 Å². The first-order valence-electron chi connectivity index (χ1n) is 6.70. The van der Waals surface area contributed by atoms with Crippen molar-refractivity contribution in [1.29, 1.82) is 0 Å². The Kier molecular flexibility index (Phi) is 3.40. The predicted molar refractivity (Wildman–Crippen MR) is 69.5 cm³/mol. The van der Waals surface area contributed by atoms with Crippen molar-refractivity contribution in [3.63, 3.8) is 0 Å². The average Bonchev–Trinajstić information content (AvgIpc) is 2.61. The molecule has 0 aliphatic carbocycles. The van der Waals surface area contributed by atoms with Gasteiger partial charge in [0.25, 0.3) is 0 Å². The number of alkyl halides is 3. The zero-order valence-corrected chi connectivity index (χ0v) is 11.8. The molecule has 0 amide bonds. The minimum atomic E-state index is -4.80. The number of rotatable bonds is 1. The number of fused-ring (bicyclic) bond motifs is 2. The van der Waals surface area contributed by atoms with Crippen molar-refractivity contribution in [1.82, 2.24) is 0 Å². The second-order valence-electron chi connectivity index (χ2n) is 5.78. The van der Waals surface area contributed by atoms with Gasteiger partial charge in [0.15, 0.2) is 0 Å². The molecule has 116 valence electrons. The second-order valence-corrected chi connectivity index (χ2v) is 7.77. The van der Waals surface area contributed by atoms with Gasteiger partial charge in [0.1, 0.15) is 5.82 Å². The fraction of sp³-hybridized carbons (Fsp3) is 0.571. The van der Waals surface area contributed by atoms with Crippen LogP contribution in [-0.2, 0) is 22.6 Å². The Balaban J connectivity index is 1.99. The van der Waals surface area contributed by atoms with E-state index in [1.54, 1.807) is 0 Å². The lowest BCUT2D eigenvalue weighted by Gasteiger charge is -2.36. The van der Waals surface area contributed by atoms with Crippen LogP contribution in [0.1, 0.15) is 36.8 Å². The second kappa shape index (κ2) is 4.78. The Morgan fingerprint density at radius 1 is 1.19 bits per heavy atom. The Bertz CT molecular complexity index is 583. The van der Waals surface area contributed by atoms with E-state index in [0.29, 0.717) is 18.9 Å². The van der Waals surface area contributed by atoms with Crippen LogP contribution in [0, 0.1) is 5.82 Å². The Morgan fingerprint density at radius 3 is 2.29 bits per heavy atom. The average molecular weight is 322 g/mol. The molecule has 2 unspecified atom stereocenters. The van der Waals surface area contributed by atoms with Crippen molar-refractivity contribution in [2.45, 2.75) is 48.0 Å². The van der Waals surface area contributed by atoms with Crippen LogP contribution >= 0.6 is 0 Å². The van der Waals surface area contributed by atoms with Crippen LogP contribution in [0.15, 0.2) is 18.2 Å². The van der Waals surface area contributed by atoms with Crippen LogP contribution in [0.4, 0.5) is 17.6 Å². The summed E-state index contributed by atoms with van der Waals surface area (Å²) >= 11 is 0. The van der Waals surface area contributed by atoms with Gasteiger partial charge in [-0.05, 0) is 43.4 Å². The lowest BCUT2D eigenvalue weighted by atomic mass is 9.85. The zero-order chi connectivity index (χ0) is 15.4. The largest absolute Gasteiger partial charge is 0.419 e. The molecule has 2 aliphatic heterocycles. The summed E-state index contributed by atoms with van der Waals surface area (Å²) in [5, 5.41) is 10.3. The topological polar surface area (TPSA) is 37.3 Å². The Labute approximate surface area is 121 Å². The summed E-state index contributed by atoms with van der Waals surface area (Å²) in [6, 6.07) is 2.62. The fourth-order valence-electron chi connectivity index (χ4n) is 3.35. The maximum Gasteiger partial charge on any atom is 0.419 e. The summed E-state index contributed by atoms with van der Waals surface area (Å²) in [4.78, 5) is 0. The van der Waals surface area contributed by atoms with Gasteiger partial charge in [0.2, 0.25) is 0 Å². The third-order valence-electron chi connectivity index (χ3n) is 4.41. The van der Waals surface area contributed by atoms with E-state index < -0.39 is 34.0 Å². The lowest BCUT2D eigenvalue weighted by Crippen LogP contribution is -2.40. The standard InChI is InChI=1S/C14H14F4O2S/c15-12-4-1-8(5-11(12)14(16,17)18)13(19)6-9-2-3-10(7-13)21(9)20/h1,4-5,9-10,19H,2-3,6-7H2. The van der Waals surface area contributed by atoms with Crippen LogP contribution in [0.5, 0.6) is 0 Å². The minimum absolute atomic E-state index is 0.0600. The molecule has 0 saturated carbocycles. The molecule has 0 radical (unpaired) electrons. The molecule has 0 spiro atoms. The van der Waals surface area contributed by atoms with Crippen LogP contribution < -0.4 is 0 Å². The number of aliphatic hydroxyl groups is 1. The molecule has 2 atom stereocenters. The Morgan fingerprint density at radius 2 is 1.76 bits per heavy atom. The van der Waals surface area contributed by atoms with Gasteiger partial charge < -0.3 is 5.11 Å². The number of hydrogen-bond acceptors (Lipinski definition) is 2. The van der Waals surface area contributed by atoms with Gasteiger partial charge >= 0.3 is 6.18 Å². The predicted octanol–water partition coefficient (Wildman–Crippen LogP) is 3.11. The number of halogens is 4. The molecule has 1 aromatic rings. The van der Waals surface area contributed by atoms with Gasteiger partial charge in [-0.1, -0.05) is 6.07 Å². The molecular formula is C14H14F4O2S. The van der Waals surface area contributed by atoms with Gasteiger partial charge in [0, 0.05) is 21.3 Å². The zero-order valence-electron chi connectivity index (χ0n) is 11.0. The van der Waals surface area contributed by atoms with E-state index in [1.165, 1.54) is 6.07 Å². The highest BCUT2D eigenvalue weighted by Crippen LogP contribution is 2.46. The van der Waals surface area contributed by atoms with Crippen LogP contribution in [0.3, 0.4) is 0 Å². The third kappa shape index (κ3) is 2.50. The van der Waals surface area contributed by atoms with E-state index in [-0.39, 0.29) is 28.9 Å². The van der Waals surface area contributed by atoms with Crippen molar-refractivity contribution in [2.24, 2.45) is 0 Å². The molecule has 2 heterocycles. The minimum Gasteiger partial charge on any atom is -0.385 e. The van der Waals surface area contributed by atoms with Crippen molar-refractivity contribution in [3.8, 4) is 0 Å². The molecule has 1 aromatic carbocycles. The summed E-state index contributed by atoms with van der Waals surface area (Å²) < 4.78 is 63.6. The Hall–Kier alpha value is -0.950. The maximum atomic E-state index is 13.3.